The van der Waals surface area contributed by atoms with E-state index < -0.39 is 11.9 Å². The van der Waals surface area contributed by atoms with E-state index in [1.165, 1.54) is 0 Å². The molecular formula is C9H16N2O2. The first kappa shape index (κ1) is 11.7. The number of nitrogens with one attached hydrogen (secondary N) is 1. The maximum absolute atomic E-state index is 10.9. The molecule has 0 fully saturated rings. The van der Waals surface area contributed by atoms with Crippen molar-refractivity contribution in [3.05, 3.63) is 12.7 Å². The minimum Gasteiger partial charge on any atom is -0.368 e. The summed E-state index contributed by atoms with van der Waals surface area (Å²) in [5, 5.41) is 2.47. The summed E-state index contributed by atoms with van der Waals surface area (Å²) in [5.74, 6) is -0.573. The predicted octanol–water partition coefficient (Wildman–Crippen LogP) is 0.189. The van der Waals surface area contributed by atoms with Crippen LogP contribution in [0.15, 0.2) is 12.7 Å². The lowest BCUT2D eigenvalue weighted by molar-refractivity contribution is -0.125. The van der Waals surface area contributed by atoms with Crippen LogP contribution in [-0.4, -0.2) is 17.9 Å². The third kappa shape index (κ3) is 5.00. The fourth-order valence-corrected chi connectivity index (χ4v) is 0.948. The first-order chi connectivity index (χ1) is 5.97. The van der Waals surface area contributed by atoms with Crippen LogP contribution >= 0.6 is 0 Å². The van der Waals surface area contributed by atoms with Gasteiger partial charge in [0.2, 0.25) is 11.8 Å². The first-order valence-electron chi connectivity index (χ1n) is 4.19. The molecule has 0 bridgehead atoms. The fourth-order valence-electron chi connectivity index (χ4n) is 0.948. The van der Waals surface area contributed by atoms with Crippen LogP contribution in [0.2, 0.25) is 0 Å². The molecule has 0 heterocycles. The van der Waals surface area contributed by atoms with Crippen molar-refractivity contribution >= 4 is 11.8 Å². The van der Waals surface area contributed by atoms with Gasteiger partial charge < -0.3 is 11.1 Å². The molecule has 0 aliphatic carbocycles. The van der Waals surface area contributed by atoms with Crippen LogP contribution in [0.5, 0.6) is 0 Å². The monoisotopic (exact) mass is 184 g/mol. The number of hydrogen-bond donors (Lipinski definition) is 2. The minimum atomic E-state index is -0.592. The lowest BCUT2D eigenvalue weighted by atomic mass is 10.0. The van der Waals surface area contributed by atoms with E-state index in [1.54, 1.807) is 0 Å². The van der Waals surface area contributed by atoms with Gasteiger partial charge in [-0.2, -0.15) is 0 Å². The molecule has 2 amide bonds. The van der Waals surface area contributed by atoms with E-state index in [1.807, 2.05) is 13.8 Å². The van der Waals surface area contributed by atoms with E-state index in [4.69, 9.17) is 5.73 Å². The Labute approximate surface area is 78.2 Å². The molecule has 4 heteroatoms. The summed E-state index contributed by atoms with van der Waals surface area (Å²) < 4.78 is 0. The standard InChI is InChI=1S/C9H16N2O2/c1-4-8(12)11-7(9(10)13)5-6(2)3/h4,6-7H,1,5H2,2-3H3,(H2,10,13)(H,11,12). The number of carbonyl (C=O) groups excluding carboxylic acids is 2. The molecule has 1 unspecified atom stereocenters. The van der Waals surface area contributed by atoms with Gasteiger partial charge in [-0.15, -0.1) is 0 Å². The van der Waals surface area contributed by atoms with Crippen LogP contribution in [0.3, 0.4) is 0 Å². The number of hydrogen-bond acceptors (Lipinski definition) is 2. The molecule has 0 saturated heterocycles. The maximum atomic E-state index is 10.9. The van der Waals surface area contributed by atoms with Gasteiger partial charge in [-0.25, -0.2) is 0 Å². The van der Waals surface area contributed by atoms with E-state index in [0.29, 0.717) is 12.3 Å². The Morgan fingerprint density at radius 2 is 2.08 bits per heavy atom. The van der Waals surface area contributed by atoms with Gasteiger partial charge in [0.15, 0.2) is 0 Å². The molecule has 0 rings (SSSR count). The van der Waals surface area contributed by atoms with Gasteiger partial charge in [0.05, 0.1) is 0 Å². The van der Waals surface area contributed by atoms with E-state index in [0.717, 1.165) is 6.08 Å². The van der Waals surface area contributed by atoms with Gasteiger partial charge in [-0.1, -0.05) is 20.4 Å². The molecule has 0 radical (unpaired) electrons. The zero-order valence-corrected chi connectivity index (χ0v) is 8.04. The van der Waals surface area contributed by atoms with Gasteiger partial charge in [0.25, 0.3) is 0 Å². The summed E-state index contributed by atoms with van der Waals surface area (Å²) in [6.45, 7) is 7.20. The molecule has 0 aromatic carbocycles. The average Bonchev–Trinajstić information content (AvgIpc) is 2.02. The second-order valence-corrected chi connectivity index (χ2v) is 3.30. The SMILES string of the molecule is C=CC(=O)NC(CC(C)C)C(N)=O. The maximum Gasteiger partial charge on any atom is 0.244 e. The van der Waals surface area contributed by atoms with Crippen LogP contribution < -0.4 is 11.1 Å². The van der Waals surface area contributed by atoms with Crippen LogP contribution in [-0.2, 0) is 9.59 Å². The highest BCUT2D eigenvalue weighted by Gasteiger charge is 2.17. The molecule has 0 aromatic rings. The third-order valence-electron chi connectivity index (χ3n) is 1.55. The molecular weight excluding hydrogens is 168 g/mol. The number of carbonyl (C=O) groups is 2. The summed E-state index contributed by atoms with van der Waals surface area (Å²) in [4.78, 5) is 21.7. The molecule has 0 aliphatic rings. The summed E-state index contributed by atoms with van der Waals surface area (Å²) in [6, 6.07) is -0.592. The van der Waals surface area contributed by atoms with Gasteiger partial charge >= 0.3 is 0 Å². The van der Waals surface area contributed by atoms with E-state index in [9.17, 15) is 9.59 Å². The normalized spacial score (nSPS) is 12.2. The molecule has 4 nitrogen and oxygen atoms in total. The Morgan fingerprint density at radius 3 is 2.38 bits per heavy atom. The Kier molecular flexibility index (Phi) is 4.80. The molecule has 0 aliphatic heterocycles. The predicted molar refractivity (Wildman–Crippen MR) is 50.8 cm³/mol. The van der Waals surface area contributed by atoms with Crippen molar-refractivity contribution in [3.63, 3.8) is 0 Å². The summed E-state index contributed by atoms with van der Waals surface area (Å²) in [7, 11) is 0. The van der Waals surface area contributed by atoms with E-state index in [-0.39, 0.29) is 5.91 Å². The lowest BCUT2D eigenvalue weighted by Gasteiger charge is -2.15. The smallest absolute Gasteiger partial charge is 0.244 e. The third-order valence-corrected chi connectivity index (χ3v) is 1.55. The van der Waals surface area contributed by atoms with Crippen molar-refractivity contribution in [2.24, 2.45) is 11.7 Å². The highest BCUT2D eigenvalue weighted by Crippen LogP contribution is 2.03. The number of nitrogens with two attached hydrogens (primary N) is 1. The summed E-state index contributed by atoms with van der Waals surface area (Å²) >= 11 is 0. The van der Waals surface area contributed by atoms with Crippen LogP contribution in [0.1, 0.15) is 20.3 Å². The summed E-state index contributed by atoms with van der Waals surface area (Å²) in [5.41, 5.74) is 5.10. The number of rotatable bonds is 5. The van der Waals surface area contributed by atoms with Gasteiger partial charge in [0, 0.05) is 0 Å². The summed E-state index contributed by atoms with van der Waals surface area (Å²) in [6.07, 6.45) is 1.67. The van der Waals surface area contributed by atoms with Crippen molar-refractivity contribution in [1.29, 1.82) is 0 Å². The van der Waals surface area contributed by atoms with Gasteiger partial charge in [-0.05, 0) is 18.4 Å². The highest BCUT2D eigenvalue weighted by atomic mass is 16.2. The fraction of sp³-hybridized carbons (Fsp3) is 0.556. The zero-order chi connectivity index (χ0) is 10.4. The van der Waals surface area contributed by atoms with Gasteiger partial charge in [0.1, 0.15) is 6.04 Å². The van der Waals surface area contributed by atoms with Crippen molar-refractivity contribution in [2.75, 3.05) is 0 Å². The Balaban J connectivity index is 4.17. The van der Waals surface area contributed by atoms with Crippen LogP contribution in [0.4, 0.5) is 0 Å². The molecule has 0 spiro atoms. The van der Waals surface area contributed by atoms with Crippen molar-refractivity contribution < 1.29 is 9.59 Å². The first-order valence-corrected chi connectivity index (χ1v) is 4.19. The Hall–Kier alpha value is -1.32. The molecule has 1 atom stereocenters. The van der Waals surface area contributed by atoms with Crippen LogP contribution in [0, 0.1) is 5.92 Å². The van der Waals surface area contributed by atoms with Crippen LogP contribution in [0.25, 0.3) is 0 Å². The van der Waals surface area contributed by atoms with E-state index in [2.05, 4.69) is 11.9 Å². The molecule has 13 heavy (non-hydrogen) atoms. The molecule has 0 saturated carbocycles. The minimum absolute atomic E-state index is 0.308. The molecule has 74 valence electrons. The van der Waals surface area contributed by atoms with Gasteiger partial charge in [-0.3, -0.25) is 9.59 Å². The second-order valence-electron chi connectivity index (χ2n) is 3.30. The number of primary amides is 1. The van der Waals surface area contributed by atoms with Crippen molar-refractivity contribution in [3.8, 4) is 0 Å². The molecule has 0 aromatic heterocycles. The van der Waals surface area contributed by atoms with Crippen molar-refractivity contribution in [2.45, 2.75) is 26.3 Å². The highest BCUT2D eigenvalue weighted by molar-refractivity contribution is 5.91. The lowest BCUT2D eigenvalue weighted by Crippen LogP contribution is -2.44. The van der Waals surface area contributed by atoms with Crippen molar-refractivity contribution in [1.82, 2.24) is 5.32 Å². The topological polar surface area (TPSA) is 72.2 Å². The molecule has 3 N–H and O–H groups in total. The zero-order valence-electron chi connectivity index (χ0n) is 8.04. The second kappa shape index (κ2) is 5.35. The average molecular weight is 184 g/mol. The Morgan fingerprint density at radius 1 is 1.54 bits per heavy atom. The number of amides is 2. The Bertz CT molecular complexity index is 212. The quantitative estimate of drug-likeness (QED) is 0.598. The van der Waals surface area contributed by atoms with E-state index >= 15 is 0 Å². The largest absolute Gasteiger partial charge is 0.368 e.